The number of carbonyl (C=O) groups is 2. The van der Waals surface area contributed by atoms with Crippen LogP contribution in [0.1, 0.15) is 44.4 Å². The van der Waals surface area contributed by atoms with E-state index in [2.05, 4.69) is 20.4 Å². The number of morpholine rings is 1. The number of para-hydroxylation sites is 2. The quantitative estimate of drug-likeness (QED) is 0.430. The molecule has 3 aromatic rings. The molecule has 6 rings (SSSR count). The maximum atomic E-state index is 14.2. The molecule has 1 atom stereocenters. The lowest BCUT2D eigenvalue weighted by Crippen LogP contribution is -2.46. The summed E-state index contributed by atoms with van der Waals surface area (Å²) in [5, 5.41) is 6.13. The Morgan fingerprint density at radius 2 is 1.81 bits per heavy atom. The number of halogens is 2. The van der Waals surface area contributed by atoms with Gasteiger partial charge in [0.05, 0.1) is 31.4 Å². The highest BCUT2D eigenvalue weighted by atomic mass is 19.3. The van der Waals surface area contributed by atoms with E-state index >= 15 is 0 Å². The lowest BCUT2D eigenvalue weighted by atomic mass is 9.90. The molecule has 2 amide bonds. The van der Waals surface area contributed by atoms with E-state index < -0.39 is 18.6 Å². The molecule has 12 nitrogen and oxygen atoms in total. The van der Waals surface area contributed by atoms with E-state index in [1.54, 1.807) is 30.3 Å². The SMILES string of the molecule is COC(=O)N[C@@H]1CCN(C2CCC(Nc3cc(-n4c(C(F)F)nc5ccccc54)nc(N4CCOCC4)n3)CC2)C1=O. The molecule has 2 aromatic heterocycles. The van der Waals surface area contributed by atoms with Gasteiger partial charge in [0, 0.05) is 37.8 Å². The van der Waals surface area contributed by atoms with Crippen LogP contribution in [0.2, 0.25) is 0 Å². The number of likely N-dealkylation sites (tertiary alicyclic amines) is 1. The zero-order valence-electron chi connectivity index (χ0n) is 23.3. The van der Waals surface area contributed by atoms with Crippen molar-refractivity contribution < 1.29 is 27.8 Å². The van der Waals surface area contributed by atoms with Crippen LogP contribution in [0.15, 0.2) is 30.3 Å². The van der Waals surface area contributed by atoms with Crippen LogP contribution in [-0.4, -0.2) is 94.5 Å². The van der Waals surface area contributed by atoms with Gasteiger partial charge in [0.2, 0.25) is 11.9 Å². The van der Waals surface area contributed by atoms with Crippen molar-refractivity contribution in [3.8, 4) is 5.82 Å². The van der Waals surface area contributed by atoms with Gasteiger partial charge < -0.3 is 29.9 Å². The highest BCUT2D eigenvalue weighted by Crippen LogP contribution is 2.31. The molecule has 2 N–H and O–H groups in total. The van der Waals surface area contributed by atoms with Gasteiger partial charge in [-0.25, -0.2) is 18.6 Å². The number of imidazole rings is 1. The molecule has 3 fully saturated rings. The molecule has 0 radical (unpaired) electrons. The summed E-state index contributed by atoms with van der Waals surface area (Å²) in [7, 11) is 1.28. The molecule has 42 heavy (non-hydrogen) atoms. The molecule has 0 unspecified atom stereocenters. The number of rotatable bonds is 7. The molecular formula is C28H34F2N8O4. The molecule has 4 heterocycles. The maximum Gasteiger partial charge on any atom is 0.407 e. The van der Waals surface area contributed by atoms with Crippen LogP contribution in [0, 0.1) is 0 Å². The molecule has 14 heteroatoms. The summed E-state index contributed by atoms with van der Waals surface area (Å²) in [5.41, 5.74) is 1.01. The Morgan fingerprint density at radius 3 is 2.55 bits per heavy atom. The number of hydrogen-bond acceptors (Lipinski definition) is 9. The molecule has 0 bridgehead atoms. The van der Waals surface area contributed by atoms with Crippen LogP contribution in [0.4, 0.5) is 25.3 Å². The molecule has 2 saturated heterocycles. The molecule has 2 aliphatic heterocycles. The second-order valence-corrected chi connectivity index (χ2v) is 10.8. The predicted octanol–water partition coefficient (Wildman–Crippen LogP) is 3.27. The second-order valence-electron chi connectivity index (χ2n) is 10.8. The monoisotopic (exact) mass is 584 g/mol. The summed E-state index contributed by atoms with van der Waals surface area (Å²) >= 11 is 0. The zero-order chi connectivity index (χ0) is 29.2. The third-order valence-corrected chi connectivity index (χ3v) is 8.21. The number of aromatic nitrogens is 4. The van der Waals surface area contributed by atoms with Crippen LogP contribution < -0.4 is 15.5 Å². The average Bonchev–Trinajstić information content (AvgIpc) is 3.58. The van der Waals surface area contributed by atoms with Crippen molar-refractivity contribution in [2.24, 2.45) is 0 Å². The number of alkyl halides is 2. The minimum atomic E-state index is -2.79. The largest absolute Gasteiger partial charge is 0.453 e. The van der Waals surface area contributed by atoms with E-state index in [4.69, 9.17) is 14.7 Å². The van der Waals surface area contributed by atoms with Crippen molar-refractivity contribution in [1.29, 1.82) is 0 Å². The molecule has 224 valence electrons. The van der Waals surface area contributed by atoms with Crippen LogP contribution in [0.25, 0.3) is 16.9 Å². The number of carbonyl (C=O) groups excluding carboxylic acids is 2. The maximum absolute atomic E-state index is 14.2. The normalized spacial score (nSPS) is 23.0. The summed E-state index contributed by atoms with van der Waals surface area (Å²) in [4.78, 5) is 42.0. The van der Waals surface area contributed by atoms with Gasteiger partial charge in [0.15, 0.2) is 5.82 Å². The van der Waals surface area contributed by atoms with E-state index in [1.165, 1.54) is 11.7 Å². The lowest BCUT2D eigenvalue weighted by Gasteiger charge is -2.35. The third-order valence-electron chi connectivity index (χ3n) is 8.21. The number of nitrogens with one attached hydrogen (secondary N) is 2. The Bertz CT molecular complexity index is 1440. The number of nitrogens with zero attached hydrogens (tertiary/aromatic N) is 6. The number of methoxy groups -OCH3 is 1. The van der Waals surface area contributed by atoms with Crippen LogP contribution in [0.3, 0.4) is 0 Å². The van der Waals surface area contributed by atoms with Gasteiger partial charge in [-0.15, -0.1) is 0 Å². The minimum Gasteiger partial charge on any atom is -0.453 e. The number of ether oxygens (including phenoxy) is 2. The van der Waals surface area contributed by atoms with Gasteiger partial charge in [0.25, 0.3) is 6.43 Å². The first-order valence-electron chi connectivity index (χ1n) is 14.3. The van der Waals surface area contributed by atoms with Gasteiger partial charge in [-0.05, 0) is 44.2 Å². The van der Waals surface area contributed by atoms with E-state index in [1.807, 2.05) is 9.80 Å². The van der Waals surface area contributed by atoms with Gasteiger partial charge in [-0.3, -0.25) is 9.36 Å². The van der Waals surface area contributed by atoms with Crippen molar-refractivity contribution in [1.82, 2.24) is 29.7 Å². The standard InChI is InChI=1S/C28H34F2N8O4/c1-41-28(40)33-20-10-11-37(26(20)39)18-8-6-17(7-9-18)31-22-16-23(35-27(34-22)36-12-14-42-15-13-36)38-21-5-3-2-4-19(21)32-25(38)24(29)30/h2-5,16-18,20,24H,6-15H2,1H3,(H,33,40)(H,31,34,35)/t17?,18?,20-/m1/s1. The van der Waals surface area contributed by atoms with E-state index in [0.717, 1.165) is 25.7 Å². The van der Waals surface area contributed by atoms with Crippen LogP contribution >= 0.6 is 0 Å². The summed E-state index contributed by atoms with van der Waals surface area (Å²) in [6.45, 7) is 2.84. The van der Waals surface area contributed by atoms with Crippen molar-refractivity contribution in [3.63, 3.8) is 0 Å². The number of alkyl carbamates (subject to hydrolysis) is 1. The number of benzene rings is 1. The highest BCUT2D eigenvalue weighted by Gasteiger charge is 2.38. The molecule has 1 aliphatic carbocycles. The average molecular weight is 585 g/mol. The molecular weight excluding hydrogens is 550 g/mol. The fourth-order valence-corrected chi connectivity index (χ4v) is 6.09. The molecule has 1 aromatic carbocycles. The topological polar surface area (TPSA) is 127 Å². The lowest BCUT2D eigenvalue weighted by molar-refractivity contribution is -0.131. The smallest absolute Gasteiger partial charge is 0.407 e. The third kappa shape index (κ3) is 5.67. The molecule has 0 spiro atoms. The fourth-order valence-electron chi connectivity index (χ4n) is 6.09. The van der Waals surface area contributed by atoms with Crippen molar-refractivity contribution in [3.05, 3.63) is 36.2 Å². The number of amides is 2. The Morgan fingerprint density at radius 1 is 1.05 bits per heavy atom. The first-order chi connectivity index (χ1) is 20.4. The summed E-state index contributed by atoms with van der Waals surface area (Å²) in [6, 6.07) is 8.33. The summed E-state index contributed by atoms with van der Waals surface area (Å²) in [5.74, 6) is 0.858. The molecule has 3 aliphatic rings. The fraction of sp³-hybridized carbons (Fsp3) is 0.536. The number of anilines is 2. The first kappa shape index (κ1) is 28.1. The van der Waals surface area contributed by atoms with Crippen molar-refractivity contribution >= 4 is 34.8 Å². The van der Waals surface area contributed by atoms with Crippen LogP contribution in [0.5, 0.6) is 0 Å². The highest BCUT2D eigenvalue weighted by molar-refractivity contribution is 5.87. The zero-order valence-corrected chi connectivity index (χ0v) is 23.3. The van der Waals surface area contributed by atoms with Crippen molar-refractivity contribution in [2.75, 3.05) is 50.2 Å². The Balaban J connectivity index is 1.22. The van der Waals surface area contributed by atoms with Gasteiger partial charge in [-0.1, -0.05) is 12.1 Å². The van der Waals surface area contributed by atoms with Gasteiger partial charge >= 0.3 is 6.09 Å². The second kappa shape index (κ2) is 12.0. The van der Waals surface area contributed by atoms with E-state index in [0.29, 0.717) is 67.9 Å². The number of fused-ring (bicyclic) bond motifs is 1. The van der Waals surface area contributed by atoms with E-state index in [9.17, 15) is 18.4 Å². The summed E-state index contributed by atoms with van der Waals surface area (Å²) < 4.78 is 39.8. The van der Waals surface area contributed by atoms with Crippen LogP contribution in [-0.2, 0) is 14.3 Å². The molecule has 1 saturated carbocycles. The Labute approximate surface area is 241 Å². The van der Waals surface area contributed by atoms with Crippen molar-refractivity contribution in [2.45, 2.75) is 56.7 Å². The predicted molar refractivity (Wildman–Crippen MR) is 150 cm³/mol. The Hall–Kier alpha value is -4.07. The van der Waals surface area contributed by atoms with Gasteiger partial charge in [0.1, 0.15) is 17.7 Å². The minimum absolute atomic E-state index is 0.0743. The van der Waals surface area contributed by atoms with E-state index in [-0.39, 0.29) is 23.8 Å². The Kier molecular flexibility index (Phi) is 8.05. The summed E-state index contributed by atoms with van der Waals surface area (Å²) in [6.07, 6.45) is 0.353. The number of hydrogen-bond donors (Lipinski definition) is 2. The first-order valence-corrected chi connectivity index (χ1v) is 14.3. The van der Waals surface area contributed by atoms with Gasteiger partial charge in [-0.2, -0.15) is 9.97 Å².